The van der Waals surface area contributed by atoms with E-state index in [1.165, 1.54) is 0 Å². The summed E-state index contributed by atoms with van der Waals surface area (Å²) in [6.45, 7) is 8.14. The second-order valence-electron chi connectivity index (χ2n) is 6.20. The molecule has 0 aromatic heterocycles. The van der Waals surface area contributed by atoms with Gasteiger partial charge in [0, 0.05) is 19.8 Å². The average molecular weight is 282 g/mol. The normalized spacial score (nSPS) is 28.9. The number of hydrogen-bond acceptors (Lipinski definition) is 3. The van der Waals surface area contributed by atoms with E-state index in [0.717, 1.165) is 26.1 Å². The highest BCUT2D eigenvalue weighted by atomic mass is 16.5. The number of rotatable bonds is 4. The molecule has 2 aliphatic heterocycles. The molecule has 20 heavy (non-hydrogen) atoms. The molecule has 0 saturated carbocycles. The van der Waals surface area contributed by atoms with E-state index in [2.05, 4.69) is 5.32 Å². The van der Waals surface area contributed by atoms with Crippen LogP contribution in [-0.2, 0) is 14.3 Å². The molecule has 2 heterocycles. The summed E-state index contributed by atoms with van der Waals surface area (Å²) in [6.07, 6.45) is 2.63. The van der Waals surface area contributed by atoms with E-state index < -0.39 is 0 Å². The van der Waals surface area contributed by atoms with Crippen LogP contribution in [0.3, 0.4) is 0 Å². The third-order valence-electron chi connectivity index (χ3n) is 4.37. The van der Waals surface area contributed by atoms with Gasteiger partial charge in [0.1, 0.15) is 12.1 Å². The Balaban J connectivity index is 2.11. The van der Waals surface area contributed by atoms with Gasteiger partial charge >= 0.3 is 0 Å². The Morgan fingerprint density at radius 2 is 1.95 bits per heavy atom. The summed E-state index contributed by atoms with van der Waals surface area (Å²) >= 11 is 0. The number of hydrogen-bond donors (Lipinski definition) is 1. The van der Waals surface area contributed by atoms with Crippen molar-refractivity contribution < 1.29 is 14.3 Å². The fraction of sp³-hybridized carbons (Fsp3) is 0.867. The van der Waals surface area contributed by atoms with Crippen LogP contribution < -0.4 is 5.32 Å². The highest BCUT2D eigenvalue weighted by Crippen LogP contribution is 2.23. The van der Waals surface area contributed by atoms with E-state index in [-0.39, 0.29) is 29.8 Å². The molecule has 2 unspecified atom stereocenters. The number of carbonyl (C=O) groups excluding carboxylic acids is 2. The second-order valence-corrected chi connectivity index (χ2v) is 6.20. The van der Waals surface area contributed by atoms with Crippen molar-refractivity contribution in [3.8, 4) is 0 Å². The molecule has 2 saturated heterocycles. The second kappa shape index (κ2) is 6.57. The van der Waals surface area contributed by atoms with E-state index in [4.69, 9.17) is 4.74 Å². The molecule has 2 aliphatic rings. The van der Waals surface area contributed by atoms with Crippen molar-refractivity contribution in [2.45, 2.75) is 52.1 Å². The van der Waals surface area contributed by atoms with Gasteiger partial charge in [-0.15, -0.1) is 0 Å². The number of carbonyl (C=O) groups is 2. The van der Waals surface area contributed by atoms with Crippen LogP contribution in [0.5, 0.6) is 0 Å². The van der Waals surface area contributed by atoms with Gasteiger partial charge in [-0.05, 0) is 31.1 Å². The predicted molar refractivity (Wildman–Crippen MR) is 76.1 cm³/mol. The summed E-state index contributed by atoms with van der Waals surface area (Å²) in [5, 5.41) is 2.88. The Morgan fingerprint density at radius 3 is 2.50 bits per heavy atom. The molecule has 0 radical (unpaired) electrons. The molecule has 5 heteroatoms. The molecule has 114 valence electrons. The van der Waals surface area contributed by atoms with Gasteiger partial charge in [-0.3, -0.25) is 9.59 Å². The van der Waals surface area contributed by atoms with E-state index >= 15 is 0 Å². The molecule has 2 amide bonds. The minimum atomic E-state index is -0.370. The lowest BCUT2D eigenvalue weighted by Gasteiger charge is -2.42. The average Bonchev–Trinajstić information content (AvgIpc) is 2.43. The zero-order valence-electron chi connectivity index (χ0n) is 12.7. The van der Waals surface area contributed by atoms with Crippen molar-refractivity contribution in [2.24, 2.45) is 11.8 Å². The van der Waals surface area contributed by atoms with Crippen LogP contribution in [0.4, 0.5) is 0 Å². The lowest BCUT2D eigenvalue weighted by molar-refractivity contribution is -0.152. The number of ether oxygens (including phenoxy) is 1. The van der Waals surface area contributed by atoms with Crippen molar-refractivity contribution >= 4 is 11.8 Å². The summed E-state index contributed by atoms with van der Waals surface area (Å²) in [5.41, 5.74) is 0. The molecule has 1 N–H and O–H groups in total. The van der Waals surface area contributed by atoms with Gasteiger partial charge in [-0.2, -0.15) is 0 Å². The quantitative estimate of drug-likeness (QED) is 0.842. The molecule has 0 bridgehead atoms. The summed E-state index contributed by atoms with van der Waals surface area (Å²) in [7, 11) is 0. The van der Waals surface area contributed by atoms with Gasteiger partial charge in [0.25, 0.3) is 0 Å². The molecule has 0 aliphatic carbocycles. The van der Waals surface area contributed by atoms with Crippen molar-refractivity contribution in [1.29, 1.82) is 0 Å². The molecule has 2 rings (SSSR count). The van der Waals surface area contributed by atoms with Gasteiger partial charge in [0.15, 0.2) is 0 Å². The van der Waals surface area contributed by atoms with Gasteiger partial charge in [-0.1, -0.05) is 20.8 Å². The number of amides is 2. The maximum Gasteiger partial charge on any atom is 0.246 e. The fourth-order valence-corrected chi connectivity index (χ4v) is 3.07. The summed E-state index contributed by atoms with van der Waals surface area (Å²) < 4.78 is 5.37. The summed E-state index contributed by atoms with van der Waals surface area (Å²) in [4.78, 5) is 26.7. The van der Waals surface area contributed by atoms with E-state index in [0.29, 0.717) is 18.9 Å². The molecular weight excluding hydrogens is 256 g/mol. The van der Waals surface area contributed by atoms with Crippen molar-refractivity contribution in [3.63, 3.8) is 0 Å². The number of nitrogens with zero attached hydrogens (tertiary/aromatic N) is 1. The summed E-state index contributed by atoms with van der Waals surface area (Å²) in [5.74, 6) is 0.665. The Kier molecular flexibility index (Phi) is 5.02. The monoisotopic (exact) mass is 282 g/mol. The molecule has 2 atom stereocenters. The minimum absolute atomic E-state index is 0.00198. The predicted octanol–water partition coefficient (Wildman–Crippen LogP) is 1.17. The van der Waals surface area contributed by atoms with Gasteiger partial charge < -0.3 is 15.0 Å². The Hall–Kier alpha value is -1.10. The number of piperazine rings is 1. The lowest BCUT2D eigenvalue weighted by Crippen LogP contribution is -2.65. The third kappa shape index (κ3) is 3.14. The van der Waals surface area contributed by atoms with Crippen LogP contribution >= 0.6 is 0 Å². The lowest BCUT2D eigenvalue weighted by atomic mass is 9.93. The first-order valence-corrected chi connectivity index (χ1v) is 7.73. The fourth-order valence-electron chi connectivity index (χ4n) is 3.07. The van der Waals surface area contributed by atoms with Crippen LogP contribution in [0.2, 0.25) is 0 Å². The molecule has 0 spiro atoms. The SMILES string of the molecule is CCC1C(=O)NC(C(C)C)C(=O)N1CC1CCOCC1. The molecule has 0 aromatic carbocycles. The highest BCUT2D eigenvalue weighted by Gasteiger charge is 2.41. The van der Waals surface area contributed by atoms with Crippen molar-refractivity contribution in [1.82, 2.24) is 10.2 Å². The van der Waals surface area contributed by atoms with Crippen LogP contribution in [-0.4, -0.2) is 48.6 Å². The smallest absolute Gasteiger partial charge is 0.246 e. The Labute approximate surface area is 121 Å². The first-order chi connectivity index (χ1) is 9.54. The third-order valence-corrected chi connectivity index (χ3v) is 4.37. The minimum Gasteiger partial charge on any atom is -0.381 e. The molecular formula is C15H26N2O3. The molecule has 5 nitrogen and oxygen atoms in total. The largest absolute Gasteiger partial charge is 0.381 e. The van der Waals surface area contributed by atoms with E-state index in [9.17, 15) is 9.59 Å². The van der Waals surface area contributed by atoms with Crippen LogP contribution in [0.25, 0.3) is 0 Å². The Morgan fingerprint density at radius 1 is 1.30 bits per heavy atom. The number of nitrogens with one attached hydrogen (secondary N) is 1. The first-order valence-electron chi connectivity index (χ1n) is 7.73. The first kappa shape index (κ1) is 15.3. The van der Waals surface area contributed by atoms with Gasteiger partial charge in [-0.25, -0.2) is 0 Å². The van der Waals surface area contributed by atoms with E-state index in [1.54, 1.807) is 0 Å². The highest BCUT2D eigenvalue weighted by molar-refractivity contribution is 5.97. The summed E-state index contributed by atoms with van der Waals surface area (Å²) in [6, 6.07) is -0.675. The van der Waals surface area contributed by atoms with Crippen LogP contribution in [0.1, 0.15) is 40.0 Å². The van der Waals surface area contributed by atoms with E-state index in [1.807, 2.05) is 25.7 Å². The Bertz CT molecular complexity index is 364. The van der Waals surface area contributed by atoms with Gasteiger partial charge in [0.2, 0.25) is 11.8 Å². The topological polar surface area (TPSA) is 58.6 Å². The van der Waals surface area contributed by atoms with Crippen LogP contribution in [0.15, 0.2) is 0 Å². The zero-order valence-corrected chi connectivity index (χ0v) is 12.7. The van der Waals surface area contributed by atoms with Gasteiger partial charge in [0.05, 0.1) is 0 Å². The van der Waals surface area contributed by atoms with Crippen molar-refractivity contribution in [2.75, 3.05) is 19.8 Å². The molecule has 0 aromatic rings. The maximum atomic E-state index is 12.6. The standard InChI is InChI=1S/C15H26N2O3/c1-4-12-14(18)16-13(10(2)3)15(19)17(12)9-11-5-7-20-8-6-11/h10-13H,4-9H2,1-3H3,(H,16,18). The molecule has 2 fully saturated rings. The van der Waals surface area contributed by atoms with Crippen LogP contribution in [0, 0.1) is 11.8 Å². The maximum absolute atomic E-state index is 12.6. The van der Waals surface area contributed by atoms with Crippen molar-refractivity contribution in [3.05, 3.63) is 0 Å². The zero-order chi connectivity index (χ0) is 14.7.